The second-order valence-electron chi connectivity index (χ2n) is 6.49. The quantitative estimate of drug-likeness (QED) is 0.347. The highest BCUT2D eigenvalue weighted by Gasteiger charge is 2.23. The van der Waals surface area contributed by atoms with Crippen molar-refractivity contribution in [3.8, 4) is 12.1 Å². The number of piperidine rings is 1. The molecule has 6 heteroatoms. The molecular weight excluding hydrogens is 364 g/mol. The number of methoxy groups -OCH3 is 1. The Kier molecular flexibility index (Phi) is 9.22. The molecule has 2 rings (SSSR count). The van der Waals surface area contributed by atoms with Crippen LogP contribution in [0.2, 0.25) is 0 Å². The van der Waals surface area contributed by atoms with Gasteiger partial charge in [-0.15, -0.1) is 13.2 Å². The Morgan fingerprint density at radius 2 is 1.93 bits per heavy atom. The van der Waals surface area contributed by atoms with Crippen molar-refractivity contribution in [1.82, 2.24) is 4.90 Å². The summed E-state index contributed by atoms with van der Waals surface area (Å²) < 4.78 is 4.82. The van der Waals surface area contributed by atoms with Crippen LogP contribution in [0.15, 0.2) is 49.2 Å². The lowest BCUT2D eigenvalue weighted by Crippen LogP contribution is -2.39. The largest absolute Gasteiger partial charge is 0.465 e. The summed E-state index contributed by atoms with van der Waals surface area (Å²) in [5, 5.41) is 21.9. The van der Waals surface area contributed by atoms with E-state index in [0.717, 1.165) is 31.6 Å². The Labute approximate surface area is 173 Å². The van der Waals surface area contributed by atoms with Crippen molar-refractivity contribution in [2.75, 3.05) is 25.5 Å². The van der Waals surface area contributed by atoms with Gasteiger partial charge in [-0.25, -0.2) is 4.79 Å². The number of nitrogens with one attached hydrogen (secondary N) is 1. The first-order valence-electron chi connectivity index (χ1n) is 9.35. The SMILES string of the molecule is C=C.C=C(C#N)/C(=C\C)N1CCC(Nc2cc(C(=O)OC)c(C)cc2C#N)CC1. The molecule has 1 fully saturated rings. The molecule has 1 N–H and O–H groups in total. The number of hydrogen-bond donors (Lipinski definition) is 1. The van der Waals surface area contributed by atoms with Gasteiger partial charge >= 0.3 is 5.97 Å². The summed E-state index contributed by atoms with van der Waals surface area (Å²) >= 11 is 0. The van der Waals surface area contributed by atoms with Crippen LogP contribution in [-0.2, 0) is 4.74 Å². The van der Waals surface area contributed by atoms with Crippen molar-refractivity contribution in [3.63, 3.8) is 0 Å². The van der Waals surface area contributed by atoms with Crippen LogP contribution < -0.4 is 5.32 Å². The lowest BCUT2D eigenvalue weighted by atomic mass is 9.99. The summed E-state index contributed by atoms with van der Waals surface area (Å²) in [6.07, 6.45) is 3.61. The normalized spacial score (nSPS) is 14.0. The predicted octanol–water partition coefficient (Wildman–Crippen LogP) is 4.32. The fraction of sp³-hybridized carbons (Fsp3) is 0.348. The smallest absolute Gasteiger partial charge is 0.338 e. The standard InChI is InChI=1S/C21H24N4O2.C2H4/c1-5-20(15(3)12-22)25-8-6-17(7-9-25)24-19-11-18(21(26)27-4)14(2)10-16(19)13-23;1-2/h5,10-11,17,24H,3,6-9H2,1-2,4H3;1-2H2/b20-5+;. The van der Waals surface area contributed by atoms with Gasteiger partial charge in [-0.1, -0.05) is 12.7 Å². The van der Waals surface area contributed by atoms with Crippen LogP contribution >= 0.6 is 0 Å². The van der Waals surface area contributed by atoms with Crippen LogP contribution in [0.25, 0.3) is 0 Å². The Hall–Kier alpha value is -3.51. The van der Waals surface area contributed by atoms with Gasteiger partial charge in [0.05, 0.1) is 29.5 Å². The molecule has 0 aromatic heterocycles. The highest BCUT2D eigenvalue weighted by Crippen LogP contribution is 2.26. The number of anilines is 1. The molecule has 0 amide bonds. The van der Waals surface area contributed by atoms with Crippen LogP contribution in [0.1, 0.15) is 41.3 Å². The maximum absolute atomic E-state index is 11.9. The van der Waals surface area contributed by atoms with E-state index in [-0.39, 0.29) is 6.04 Å². The van der Waals surface area contributed by atoms with Gasteiger partial charge in [0, 0.05) is 24.8 Å². The minimum atomic E-state index is -0.414. The fourth-order valence-corrected chi connectivity index (χ4v) is 3.34. The average molecular weight is 393 g/mol. The highest BCUT2D eigenvalue weighted by atomic mass is 16.5. The number of benzene rings is 1. The second kappa shape index (κ2) is 11.4. The molecule has 6 nitrogen and oxygen atoms in total. The van der Waals surface area contributed by atoms with E-state index in [0.29, 0.717) is 28.0 Å². The first-order valence-corrected chi connectivity index (χ1v) is 9.35. The van der Waals surface area contributed by atoms with E-state index in [1.165, 1.54) is 7.11 Å². The number of esters is 1. The molecule has 0 saturated carbocycles. The monoisotopic (exact) mass is 392 g/mol. The Balaban J connectivity index is 0.00000204. The average Bonchev–Trinajstić information content (AvgIpc) is 2.76. The van der Waals surface area contributed by atoms with Gasteiger partial charge < -0.3 is 15.0 Å². The zero-order valence-electron chi connectivity index (χ0n) is 17.4. The topological polar surface area (TPSA) is 89.2 Å². The van der Waals surface area contributed by atoms with E-state index in [4.69, 9.17) is 10.00 Å². The van der Waals surface area contributed by atoms with Crippen LogP contribution in [0, 0.1) is 29.6 Å². The lowest BCUT2D eigenvalue weighted by Gasteiger charge is -2.35. The number of likely N-dealkylation sites (tertiary alicyclic amines) is 1. The van der Waals surface area contributed by atoms with Crippen LogP contribution in [0.5, 0.6) is 0 Å². The number of nitriles is 2. The van der Waals surface area contributed by atoms with Gasteiger partial charge in [0.25, 0.3) is 0 Å². The van der Waals surface area contributed by atoms with Gasteiger partial charge in [-0.3, -0.25) is 0 Å². The number of hydrogen-bond acceptors (Lipinski definition) is 6. The Morgan fingerprint density at radius 1 is 1.31 bits per heavy atom. The first kappa shape index (κ1) is 23.5. The molecule has 1 aromatic carbocycles. The predicted molar refractivity (Wildman–Crippen MR) is 115 cm³/mol. The van der Waals surface area contributed by atoms with E-state index in [1.54, 1.807) is 19.1 Å². The van der Waals surface area contributed by atoms with Crippen molar-refractivity contribution in [1.29, 1.82) is 10.5 Å². The molecule has 0 spiro atoms. The van der Waals surface area contributed by atoms with Gasteiger partial charge in [0.2, 0.25) is 0 Å². The van der Waals surface area contributed by atoms with E-state index in [1.807, 2.05) is 13.0 Å². The van der Waals surface area contributed by atoms with Crippen molar-refractivity contribution in [2.24, 2.45) is 0 Å². The lowest BCUT2D eigenvalue weighted by molar-refractivity contribution is 0.0600. The zero-order chi connectivity index (χ0) is 22.0. The Bertz CT molecular complexity index is 866. The number of nitrogens with zero attached hydrogens (tertiary/aromatic N) is 3. The Morgan fingerprint density at radius 3 is 2.41 bits per heavy atom. The minimum absolute atomic E-state index is 0.176. The van der Waals surface area contributed by atoms with Crippen LogP contribution in [-0.4, -0.2) is 37.1 Å². The third-order valence-corrected chi connectivity index (χ3v) is 4.80. The molecule has 152 valence electrons. The van der Waals surface area contributed by atoms with E-state index in [9.17, 15) is 10.1 Å². The van der Waals surface area contributed by atoms with Gasteiger partial charge in [0.1, 0.15) is 12.1 Å². The first-order chi connectivity index (χ1) is 13.9. The molecule has 1 aliphatic heterocycles. The molecule has 1 saturated heterocycles. The molecule has 0 bridgehead atoms. The number of carbonyl (C=O) groups excluding carboxylic acids is 1. The number of allylic oxidation sites excluding steroid dienone is 2. The summed E-state index contributed by atoms with van der Waals surface area (Å²) in [7, 11) is 1.34. The number of carbonyl (C=O) groups is 1. The third-order valence-electron chi connectivity index (χ3n) is 4.80. The van der Waals surface area contributed by atoms with Crippen molar-refractivity contribution >= 4 is 11.7 Å². The number of ether oxygens (including phenoxy) is 1. The molecular formula is C23H28N4O2. The maximum Gasteiger partial charge on any atom is 0.338 e. The number of rotatable bonds is 5. The molecule has 1 aromatic rings. The van der Waals surface area contributed by atoms with E-state index >= 15 is 0 Å². The van der Waals surface area contributed by atoms with Gasteiger partial charge in [0.15, 0.2) is 0 Å². The zero-order valence-corrected chi connectivity index (χ0v) is 17.4. The fourth-order valence-electron chi connectivity index (χ4n) is 3.34. The highest BCUT2D eigenvalue weighted by molar-refractivity contribution is 5.92. The summed E-state index contributed by atoms with van der Waals surface area (Å²) in [6, 6.07) is 7.87. The molecule has 1 heterocycles. The second-order valence-corrected chi connectivity index (χ2v) is 6.49. The van der Waals surface area contributed by atoms with Gasteiger partial charge in [-0.05, 0) is 44.4 Å². The van der Waals surface area contributed by atoms with Crippen molar-refractivity contribution < 1.29 is 9.53 Å². The minimum Gasteiger partial charge on any atom is -0.465 e. The summed E-state index contributed by atoms with van der Waals surface area (Å²) in [6.45, 7) is 15.1. The molecule has 1 aliphatic rings. The number of aryl methyl sites for hydroxylation is 1. The molecule has 0 atom stereocenters. The summed E-state index contributed by atoms with van der Waals surface area (Å²) in [5.41, 5.74) is 3.67. The van der Waals surface area contributed by atoms with E-state index in [2.05, 4.69) is 42.1 Å². The summed E-state index contributed by atoms with van der Waals surface area (Å²) in [5.74, 6) is -0.414. The third kappa shape index (κ3) is 5.73. The maximum atomic E-state index is 11.9. The van der Waals surface area contributed by atoms with Crippen molar-refractivity contribution in [2.45, 2.75) is 32.7 Å². The molecule has 0 radical (unpaired) electrons. The van der Waals surface area contributed by atoms with Crippen LogP contribution in [0.3, 0.4) is 0 Å². The molecule has 29 heavy (non-hydrogen) atoms. The summed E-state index contributed by atoms with van der Waals surface area (Å²) in [4.78, 5) is 14.1. The molecule has 0 unspecified atom stereocenters. The van der Waals surface area contributed by atoms with E-state index < -0.39 is 5.97 Å². The van der Waals surface area contributed by atoms with Crippen molar-refractivity contribution in [3.05, 3.63) is 65.9 Å². The van der Waals surface area contributed by atoms with Gasteiger partial charge in [-0.2, -0.15) is 10.5 Å². The molecule has 0 aliphatic carbocycles. The van der Waals surface area contributed by atoms with Crippen LogP contribution in [0.4, 0.5) is 5.69 Å².